The molecule has 1 atom stereocenters. The van der Waals surface area contributed by atoms with Crippen molar-refractivity contribution >= 4 is 52.3 Å². The monoisotopic (exact) mass is 670 g/mol. The molecule has 4 aliphatic rings. The minimum absolute atomic E-state index is 0.0553. The third-order valence-corrected chi connectivity index (χ3v) is 11.4. The number of amides is 5. The van der Waals surface area contributed by atoms with Crippen molar-refractivity contribution in [1.82, 2.24) is 29.8 Å². The largest absolute Gasteiger partial charge is 0.397 e. The third kappa shape index (κ3) is 7.25. The summed E-state index contributed by atoms with van der Waals surface area (Å²) in [6, 6.07) is 3.38. The topological polar surface area (TPSA) is 117 Å². The van der Waals surface area contributed by atoms with E-state index in [4.69, 9.17) is 17.3 Å². The van der Waals surface area contributed by atoms with Crippen LogP contribution in [0.3, 0.4) is 0 Å². The van der Waals surface area contributed by atoms with Crippen molar-refractivity contribution in [3.63, 3.8) is 0 Å². The number of aryl methyl sites for hydroxylation is 1. The van der Waals surface area contributed by atoms with Gasteiger partial charge in [0.25, 0.3) is 0 Å². The summed E-state index contributed by atoms with van der Waals surface area (Å²) >= 11 is 8.08. The summed E-state index contributed by atoms with van der Waals surface area (Å²) in [5, 5.41) is 10.6. The van der Waals surface area contributed by atoms with Crippen molar-refractivity contribution in [3.8, 4) is 0 Å². The van der Waals surface area contributed by atoms with E-state index in [-0.39, 0.29) is 24.0 Å². The number of fused-ring (bicyclic) bond motifs is 1. The molecule has 2 aromatic rings. The SMILES string of the molecule is CCc1cc(C[C@@H](NC(=O)N2CCC(N3Cc4cscc4NC3=O)CC2)C(=O)N2CCN(C3CCN(C)CC3)CC2)cc(Cl)c1N. The van der Waals surface area contributed by atoms with Gasteiger partial charge in [0.05, 0.1) is 22.9 Å². The Morgan fingerprint density at radius 1 is 1.00 bits per heavy atom. The number of carbonyl (C=O) groups is 3. The second-order valence-electron chi connectivity index (χ2n) is 13.2. The van der Waals surface area contributed by atoms with Crippen molar-refractivity contribution in [3.05, 3.63) is 44.6 Å². The van der Waals surface area contributed by atoms with Gasteiger partial charge < -0.3 is 36.0 Å². The molecule has 0 unspecified atom stereocenters. The summed E-state index contributed by atoms with van der Waals surface area (Å²) in [5.41, 5.74) is 10.6. The molecule has 0 bridgehead atoms. The van der Waals surface area contributed by atoms with Crippen LogP contribution in [0.4, 0.5) is 21.0 Å². The number of likely N-dealkylation sites (tertiary alicyclic amines) is 2. The number of halogens is 1. The summed E-state index contributed by atoms with van der Waals surface area (Å²) in [4.78, 5) is 51.0. The number of piperazine rings is 1. The summed E-state index contributed by atoms with van der Waals surface area (Å²) in [7, 11) is 2.17. The van der Waals surface area contributed by atoms with Crippen LogP contribution in [0.25, 0.3) is 0 Å². The Labute approximate surface area is 281 Å². The lowest BCUT2D eigenvalue weighted by atomic mass is 9.99. The molecule has 250 valence electrons. The molecule has 0 aliphatic carbocycles. The third-order valence-electron chi connectivity index (χ3n) is 10.3. The first kappa shape index (κ1) is 32.9. The maximum Gasteiger partial charge on any atom is 0.322 e. The fourth-order valence-corrected chi connectivity index (χ4v) is 8.43. The summed E-state index contributed by atoms with van der Waals surface area (Å²) in [5.74, 6) is -0.0613. The lowest BCUT2D eigenvalue weighted by Gasteiger charge is -2.43. The molecule has 0 spiro atoms. The Morgan fingerprint density at radius 2 is 1.70 bits per heavy atom. The minimum atomic E-state index is -0.727. The van der Waals surface area contributed by atoms with Crippen LogP contribution in [-0.4, -0.2) is 120 Å². The molecule has 6 rings (SSSR count). The van der Waals surface area contributed by atoms with E-state index < -0.39 is 6.04 Å². The van der Waals surface area contributed by atoms with Gasteiger partial charge in [0.2, 0.25) is 5.91 Å². The predicted octanol–water partition coefficient (Wildman–Crippen LogP) is 3.92. The lowest BCUT2D eigenvalue weighted by Crippen LogP contribution is -2.59. The second kappa shape index (κ2) is 14.4. The molecular formula is C33H47ClN8O3S. The Kier molecular flexibility index (Phi) is 10.3. The van der Waals surface area contributed by atoms with Crippen LogP contribution in [0, 0.1) is 0 Å². The number of hydrogen-bond acceptors (Lipinski definition) is 7. The molecule has 0 saturated carbocycles. The van der Waals surface area contributed by atoms with Crippen LogP contribution in [0.2, 0.25) is 5.02 Å². The number of nitrogens with one attached hydrogen (secondary N) is 2. The number of nitrogens with two attached hydrogens (primary N) is 1. The van der Waals surface area contributed by atoms with Crippen LogP contribution >= 0.6 is 22.9 Å². The fraction of sp³-hybridized carbons (Fsp3) is 0.606. The van der Waals surface area contributed by atoms with Crippen molar-refractivity contribution in [2.24, 2.45) is 0 Å². The zero-order valence-corrected chi connectivity index (χ0v) is 28.5. The van der Waals surface area contributed by atoms with Gasteiger partial charge in [0.15, 0.2) is 0 Å². The maximum atomic E-state index is 14.1. The van der Waals surface area contributed by atoms with Gasteiger partial charge in [0, 0.05) is 68.7 Å². The first-order valence-electron chi connectivity index (χ1n) is 16.7. The summed E-state index contributed by atoms with van der Waals surface area (Å²) < 4.78 is 0. The van der Waals surface area contributed by atoms with Crippen LogP contribution in [0.1, 0.15) is 49.3 Å². The number of rotatable bonds is 7. The van der Waals surface area contributed by atoms with Gasteiger partial charge in [-0.3, -0.25) is 9.69 Å². The van der Waals surface area contributed by atoms with Gasteiger partial charge >= 0.3 is 12.1 Å². The Morgan fingerprint density at radius 3 is 2.39 bits per heavy atom. The highest BCUT2D eigenvalue weighted by molar-refractivity contribution is 7.08. The molecule has 4 aliphatic heterocycles. The maximum absolute atomic E-state index is 14.1. The molecule has 0 radical (unpaired) electrons. The van der Waals surface area contributed by atoms with Gasteiger partial charge in [-0.2, -0.15) is 0 Å². The molecule has 3 saturated heterocycles. The van der Waals surface area contributed by atoms with Gasteiger partial charge in [-0.15, -0.1) is 11.3 Å². The van der Waals surface area contributed by atoms with E-state index in [1.807, 2.05) is 34.2 Å². The van der Waals surface area contributed by atoms with Crippen molar-refractivity contribution in [1.29, 1.82) is 0 Å². The molecular weight excluding hydrogens is 624 g/mol. The highest BCUT2D eigenvalue weighted by Crippen LogP contribution is 2.31. The van der Waals surface area contributed by atoms with E-state index in [9.17, 15) is 14.4 Å². The summed E-state index contributed by atoms with van der Waals surface area (Å²) in [6.45, 7) is 8.85. The minimum Gasteiger partial charge on any atom is -0.397 e. The van der Waals surface area contributed by atoms with Gasteiger partial charge in [-0.25, -0.2) is 9.59 Å². The lowest BCUT2D eigenvalue weighted by molar-refractivity contribution is -0.135. The first-order valence-corrected chi connectivity index (χ1v) is 18.0. The van der Waals surface area contributed by atoms with Crippen molar-refractivity contribution < 1.29 is 14.4 Å². The number of piperidine rings is 2. The number of carbonyl (C=O) groups excluding carboxylic acids is 3. The van der Waals surface area contributed by atoms with E-state index >= 15 is 0 Å². The number of benzene rings is 1. The Balaban J connectivity index is 1.10. The van der Waals surface area contributed by atoms with Crippen LogP contribution in [0.5, 0.6) is 0 Å². The summed E-state index contributed by atoms with van der Waals surface area (Å²) in [6.07, 6.45) is 4.75. The van der Waals surface area contributed by atoms with E-state index in [0.29, 0.717) is 68.7 Å². The number of nitrogen functional groups attached to an aromatic ring is 1. The highest BCUT2D eigenvalue weighted by Gasteiger charge is 2.36. The number of thiophene rings is 1. The predicted molar refractivity (Wildman–Crippen MR) is 183 cm³/mol. The van der Waals surface area contributed by atoms with Crippen molar-refractivity contribution in [2.75, 3.05) is 70.5 Å². The molecule has 3 fully saturated rings. The van der Waals surface area contributed by atoms with Crippen molar-refractivity contribution in [2.45, 2.75) is 70.1 Å². The average Bonchev–Trinajstić information content (AvgIpc) is 3.53. The van der Waals surface area contributed by atoms with Gasteiger partial charge in [-0.05, 0) is 74.8 Å². The van der Waals surface area contributed by atoms with Gasteiger partial charge in [-0.1, -0.05) is 24.6 Å². The Hall–Kier alpha value is -3.06. The van der Waals surface area contributed by atoms with E-state index in [2.05, 4.69) is 32.9 Å². The first-order chi connectivity index (χ1) is 22.2. The molecule has 5 heterocycles. The zero-order valence-electron chi connectivity index (χ0n) is 27.0. The molecule has 13 heteroatoms. The second-order valence-corrected chi connectivity index (χ2v) is 14.3. The molecule has 1 aromatic heterocycles. The van der Waals surface area contributed by atoms with E-state index in [0.717, 1.165) is 67.8 Å². The fourth-order valence-electron chi connectivity index (χ4n) is 7.38. The smallest absolute Gasteiger partial charge is 0.322 e. The average molecular weight is 671 g/mol. The zero-order chi connectivity index (χ0) is 32.4. The number of nitrogens with zero attached hydrogens (tertiary/aromatic N) is 5. The molecule has 46 heavy (non-hydrogen) atoms. The molecule has 4 N–H and O–H groups in total. The highest BCUT2D eigenvalue weighted by atomic mass is 35.5. The normalized spacial score (nSPS) is 21.2. The van der Waals surface area contributed by atoms with Crippen LogP contribution in [0.15, 0.2) is 22.9 Å². The molecule has 5 amide bonds. The number of anilines is 2. The number of hydrogen-bond donors (Lipinski definition) is 3. The molecule has 1 aromatic carbocycles. The van der Waals surface area contributed by atoms with Crippen LogP contribution in [-0.2, 0) is 24.2 Å². The number of urea groups is 2. The quantitative estimate of drug-likeness (QED) is 0.385. The van der Waals surface area contributed by atoms with E-state index in [1.165, 1.54) is 0 Å². The van der Waals surface area contributed by atoms with Gasteiger partial charge in [0.1, 0.15) is 6.04 Å². The van der Waals surface area contributed by atoms with Crippen LogP contribution < -0.4 is 16.4 Å². The van der Waals surface area contributed by atoms with E-state index in [1.54, 1.807) is 16.2 Å². The Bertz CT molecular complexity index is 1410. The standard InChI is InChI=1S/C33H47ClN8O3S/c1-3-23-16-22(17-27(34)30(23)35)18-28(31(43)40-14-12-39(13-15-40)25-4-8-38(2)9-5-25)36-32(44)41-10-6-26(7-11-41)42-19-24-20-46-21-29(24)37-33(42)45/h16-17,20-21,25-26,28H,3-15,18-19,35H2,1-2H3,(H,36,44)(H,37,45)/t28-/m1/s1. The molecule has 11 nitrogen and oxygen atoms in total.